The zero-order valence-corrected chi connectivity index (χ0v) is 18.4. The van der Waals surface area contributed by atoms with Gasteiger partial charge in [-0.1, -0.05) is 41.9 Å². The highest BCUT2D eigenvalue weighted by atomic mass is 79.9. The van der Waals surface area contributed by atoms with Crippen molar-refractivity contribution in [2.45, 2.75) is 12.3 Å². The zero-order chi connectivity index (χ0) is 23.3. The van der Waals surface area contributed by atoms with Crippen molar-refractivity contribution in [3.8, 4) is 0 Å². The van der Waals surface area contributed by atoms with E-state index in [9.17, 15) is 22.8 Å². The lowest BCUT2D eigenvalue weighted by Crippen LogP contribution is -2.25. The second-order valence-corrected chi connectivity index (χ2v) is 7.57. The molecule has 0 fully saturated rings. The van der Waals surface area contributed by atoms with E-state index < -0.39 is 29.7 Å². The van der Waals surface area contributed by atoms with Crippen LogP contribution in [0.2, 0.25) is 5.02 Å². The summed E-state index contributed by atoms with van der Waals surface area (Å²) in [6.45, 7) is 0. The van der Waals surface area contributed by atoms with Crippen molar-refractivity contribution in [1.29, 1.82) is 0 Å². The number of carbonyl (C=O) groups excluding carboxylic acids is 2. The first-order valence-electron chi connectivity index (χ1n) is 9.00. The van der Waals surface area contributed by atoms with Crippen molar-refractivity contribution in [3.63, 3.8) is 0 Å². The van der Waals surface area contributed by atoms with E-state index in [0.717, 1.165) is 18.2 Å². The predicted molar refractivity (Wildman–Crippen MR) is 116 cm³/mol. The maximum atomic E-state index is 13.0. The number of rotatable bonds is 6. The average molecular weight is 529 g/mol. The van der Waals surface area contributed by atoms with Crippen LogP contribution >= 0.6 is 27.5 Å². The summed E-state index contributed by atoms with van der Waals surface area (Å²) in [5, 5.41) is 2.20. The molecule has 166 valence electrons. The van der Waals surface area contributed by atoms with Crippen molar-refractivity contribution in [2.75, 3.05) is 5.32 Å². The van der Waals surface area contributed by atoms with Gasteiger partial charge in [0.25, 0.3) is 5.91 Å². The molecule has 32 heavy (non-hydrogen) atoms. The number of carbonyl (C=O) groups is 2. The van der Waals surface area contributed by atoms with Gasteiger partial charge in [0.05, 0.1) is 16.3 Å². The topological polar surface area (TPSA) is 68.5 Å². The normalized spacial score (nSPS) is 12.5. The lowest BCUT2D eigenvalue weighted by Gasteiger charge is -2.18. The fourth-order valence-corrected chi connectivity index (χ4v) is 3.10. The Morgan fingerprint density at radius 2 is 1.81 bits per heavy atom. The monoisotopic (exact) mass is 527 g/mol. The third-order valence-electron chi connectivity index (χ3n) is 4.10. The molecule has 1 heterocycles. The molecule has 0 aliphatic rings. The van der Waals surface area contributed by atoms with Gasteiger partial charge in [-0.25, -0.2) is 4.79 Å². The van der Waals surface area contributed by atoms with E-state index >= 15 is 0 Å². The molecule has 1 amide bonds. The summed E-state index contributed by atoms with van der Waals surface area (Å²) < 4.78 is 50.0. The van der Waals surface area contributed by atoms with Gasteiger partial charge in [0.2, 0.25) is 6.10 Å². The molecule has 0 saturated carbocycles. The Morgan fingerprint density at radius 1 is 1.09 bits per heavy atom. The fourth-order valence-electron chi connectivity index (χ4n) is 2.62. The van der Waals surface area contributed by atoms with Crippen LogP contribution in [0.5, 0.6) is 0 Å². The molecule has 0 saturated heterocycles. The van der Waals surface area contributed by atoms with Gasteiger partial charge in [-0.3, -0.25) is 4.79 Å². The number of anilines is 1. The van der Waals surface area contributed by atoms with Gasteiger partial charge in [0, 0.05) is 11.6 Å². The number of halogens is 5. The number of amides is 1. The van der Waals surface area contributed by atoms with Gasteiger partial charge in [0.1, 0.15) is 5.76 Å². The van der Waals surface area contributed by atoms with Gasteiger partial charge in [-0.2, -0.15) is 13.2 Å². The molecule has 1 aromatic heterocycles. The summed E-state index contributed by atoms with van der Waals surface area (Å²) in [4.78, 5) is 25.2. The zero-order valence-electron chi connectivity index (χ0n) is 16.0. The van der Waals surface area contributed by atoms with Crippen molar-refractivity contribution in [1.82, 2.24) is 0 Å². The summed E-state index contributed by atoms with van der Waals surface area (Å²) >= 11 is 9.08. The average Bonchev–Trinajstić information content (AvgIpc) is 3.17. The molecule has 5 nitrogen and oxygen atoms in total. The number of esters is 1. The lowest BCUT2D eigenvalue weighted by molar-refractivity contribution is -0.149. The molecule has 0 radical (unpaired) electrons. The molecule has 0 bridgehead atoms. The number of alkyl halides is 3. The van der Waals surface area contributed by atoms with Crippen molar-refractivity contribution in [3.05, 3.63) is 93.3 Å². The van der Waals surface area contributed by atoms with Crippen LogP contribution in [-0.4, -0.2) is 11.9 Å². The highest BCUT2D eigenvalue weighted by Gasteiger charge is 2.32. The third-order valence-corrected chi connectivity index (χ3v) is 4.86. The molecule has 0 aliphatic heterocycles. The minimum absolute atomic E-state index is 0.104. The summed E-state index contributed by atoms with van der Waals surface area (Å²) in [6, 6.07) is 13.8. The lowest BCUT2D eigenvalue weighted by atomic mass is 10.1. The van der Waals surface area contributed by atoms with Gasteiger partial charge >= 0.3 is 12.1 Å². The molecule has 1 atom stereocenters. The summed E-state index contributed by atoms with van der Waals surface area (Å²) in [7, 11) is 0. The second-order valence-electron chi connectivity index (χ2n) is 6.38. The van der Waals surface area contributed by atoms with E-state index in [-0.39, 0.29) is 10.7 Å². The van der Waals surface area contributed by atoms with Crippen molar-refractivity contribution >= 4 is 51.2 Å². The van der Waals surface area contributed by atoms with Gasteiger partial charge in [-0.15, -0.1) is 0 Å². The molecule has 1 N–H and O–H groups in total. The van der Waals surface area contributed by atoms with E-state index in [2.05, 4.69) is 21.2 Å². The quantitative estimate of drug-likeness (QED) is 0.287. The number of hydrogen-bond acceptors (Lipinski definition) is 4. The van der Waals surface area contributed by atoms with E-state index in [0.29, 0.717) is 22.1 Å². The Labute approximate surface area is 193 Å². The number of hydrogen-bond donors (Lipinski definition) is 1. The molecule has 1 unspecified atom stereocenters. The Hall–Kier alpha value is -3.04. The highest BCUT2D eigenvalue weighted by Crippen LogP contribution is 2.34. The Bertz CT molecular complexity index is 1150. The number of benzene rings is 2. The predicted octanol–water partition coefficient (Wildman–Crippen LogP) is 6.65. The molecular formula is C22H14BrClF3NO4. The van der Waals surface area contributed by atoms with Crippen molar-refractivity contribution < 1.29 is 31.9 Å². The summed E-state index contributed by atoms with van der Waals surface area (Å²) in [5.74, 6) is -1.37. The summed E-state index contributed by atoms with van der Waals surface area (Å²) in [5.41, 5.74) is -0.937. The molecule has 10 heteroatoms. The van der Waals surface area contributed by atoms with Crippen LogP contribution in [0.3, 0.4) is 0 Å². The molecule has 0 spiro atoms. The number of furan rings is 1. The number of nitrogens with one attached hydrogen (secondary N) is 1. The molecule has 3 aromatic rings. The van der Waals surface area contributed by atoms with E-state index in [1.165, 1.54) is 6.08 Å². The number of ether oxygens (including phenoxy) is 1. The van der Waals surface area contributed by atoms with Crippen LogP contribution in [0.25, 0.3) is 6.08 Å². The molecule has 2 aromatic carbocycles. The maximum Gasteiger partial charge on any atom is 0.416 e. The smallest absolute Gasteiger partial charge is 0.416 e. The van der Waals surface area contributed by atoms with E-state index in [1.807, 2.05) is 0 Å². The largest absolute Gasteiger partial charge is 0.450 e. The Kier molecular flexibility index (Phi) is 7.42. The van der Waals surface area contributed by atoms with Crippen LogP contribution in [0.15, 0.2) is 75.8 Å². The van der Waals surface area contributed by atoms with Crippen LogP contribution in [0.4, 0.5) is 18.9 Å². The van der Waals surface area contributed by atoms with Crippen LogP contribution in [0.1, 0.15) is 23.0 Å². The van der Waals surface area contributed by atoms with Gasteiger partial charge < -0.3 is 14.5 Å². The SMILES string of the molecule is O=C(/C=C/c1ccc(Br)o1)OC(C(=O)Nc1cc(C(F)(F)F)ccc1Cl)c1ccccc1. The molecular weight excluding hydrogens is 515 g/mol. The molecule has 0 aliphatic carbocycles. The Morgan fingerprint density at radius 3 is 2.44 bits per heavy atom. The third kappa shape index (κ3) is 6.24. The first kappa shape index (κ1) is 23.6. The van der Waals surface area contributed by atoms with Crippen molar-refractivity contribution in [2.24, 2.45) is 0 Å². The minimum Gasteiger partial charge on any atom is -0.450 e. The Balaban J connectivity index is 1.82. The standard InChI is InChI=1S/C22H14BrClF3NO4/c23-18-10-7-15(31-18)8-11-19(29)32-20(13-4-2-1-3-5-13)21(30)28-17-12-14(22(25,26)27)6-9-16(17)24/h1-12,20H,(H,28,30)/b11-8+. The van der Waals surface area contributed by atoms with Crippen LogP contribution < -0.4 is 5.32 Å². The van der Waals surface area contributed by atoms with Gasteiger partial charge in [-0.05, 0) is 52.3 Å². The maximum absolute atomic E-state index is 13.0. The second kappa shape index (κ2) is 10.1. The fraction of sp³-hybridized carbons (Fsp3) is 0.0909. The summed E-state index contributed by atoms with van der Waals surface area (Å²) in [6.07, 6.45) is -3.66. The van der Waals surface area contributed by atoms with Crippen LogP contribution in [-0.2, 0) is 20.5 Å². The van der Waals surface area contributed by atoms with E-state index in [4.69, 9.17) is 20.8 Å². The first-order valence-corrected chi connectivity index (χ1v) is 10.2. The van der Waals surface area contributed by atoms with E-state index in [1.54, 1.807) is 42.5 Å². The minimum atomic E-state index is -4.62. The van der Waals surface area contributed by atoms with Gasteiger partial charge in [0.15, 0.2) is 4.67 Å². The van der Waals surface area contributed by atoms with Crippen LogP contribution in [0, 0.1) is 0 Å². The molecule has 3 rings (SSSR count). The first-order chi connectivity index (χ1) is 15.1. The highest BCUT2D eigenvalue weighted by molar-refractivity contribution is 9.10.